The first-order chi connectivity index (χ1) is 11.2. The van der Waals surface area contributed by atoms with E-state index in [1.807, 2.05) is 60.7 Å². The molecule has 1 N–H and O–H groups in total. The molecule has 0 amide bonds. The SMILES string of the molecule is O=P(O)(OCC#Cc1ccccc1)OCC#Cc1ccccc1. The Kier molecular flexibility index (Phi) is 6.63. The fraction of sp³-hybridized carbons (Fsp3) is 0.111. The van der Waals surface area contributed by atoms with Gasteiger partial charge in [0, 0.05) is 11.1 Å². The molecule has 0 radical (unpaired) electrons. The van der Waals surface area contributed by atoms with Crippen molar-refractivity contribution in [3.63, 3.8) is 0 Å². The highest BCUT2D eigenvalue weighted by molar-refractivity contribution is 7.47. The minimum Gasteiger partial charge on any atom is -0.302 e. The van der Waals surface area contributed by atoms with E-state index < -0.39 is 7.82 Å². The summed E-state index contributed by atoms with van der Waals surface area (Å²) in [6, 6.07) is 18.5. The van der Waals surface area contributed by atoms with Crippen molar-refractivity contribution in [2.45, 2.75) is 0 Å². The molecule has 0 aliphatic heterocycles. The van der Waals surface area contributed by atoms with Gasteiger partial charge in [-0.05, 0) is 24.3 Å². The summed E-state index contributed by atoms with van der Waals surface area (Å²) >= 11 is 0. The number of phosphoric acid groups is 1. The zero-order valence-electron chi connectivity index (χ0n) is 12.3. The van der Waals surface area contributed by atoms with Gasteiger partial charge in [0.15, 0.2) is 0 Å². The van der Waals surface area contributed by atoms with Crippen molar-refractivity contribution in [1.29, 1.82) is 0 Å². The van der Waals surface area contributed by atoms with Gasteiger partial charge in [-0.2, -0.15) is 0 Å². The van der Waals surface area contributed by atoms with E-state index in [1.54, 1.807) is 0 Å². The summed E-state index contributed by atoms with van der Waals surface area (Å²) in [5, 5.41) is 0. The smallest absolute Gasteiger partial charge is 0.302 e. The van der Waals surface area contributed by atoms with Gasteiger partial charge in [0.1, 0.15) is 13.2 Å². The summed E-state index contributed by atoms with van der Waals surface area (Å²) in [6.45, 7) is -0.399. The van der Waals surface area contributed by atoms with Crippen LogP contribution in [0.4, 0.5) is 0 Å². The second-order valence-corrected chi connectivity index (χ2v) is 5.80. The van der Waals surface area contributed by atoms with Crippen LogP contribution >= 0.6 is 7.82 Å². The summed E-state index contributed by atoms with van der Waals surface area (Å²) < 4.78 is 21.1. The second-order valence-electron chi connectivity index (χ2n) is 4.35. The second kappa shape index (κ2) is 8.96. The molecule has 2 aromatic rings. The van der Waals surface area contributed by atoms with Crippen LogP contribution in [0.5, 0.6) is 0 Å². The van der Waals surface area contributed by atoms with Crippen LogP contribution in [0.25, 0.3) is 0 Å². The molecule has 0 aliphatic rings. The molecule has 2 rings (SSSR count). The zero-order chi connectivity index (χ0) is 16.4. The van der Waals surface area contributed by atoms with Crippen LogP contribution in [-0.2, 0) is 13.6 Å². The van der Waals surface area contributed by atoms with Crippen molar-refractivity contribution in [2.75, 3.05) is 13.2 Å². The lowest BCUT2D eigenvalue weighted by Gasteiger charge is -2.07. The maximum absolute atomic E-state index is 11.6. The molecule has 0 saturated carbocycles. The number of hydrogen-bond donors (Lipinski definition) is 1. The first-order valence-electron chi connectivity index (χ1n) is 6.85. The van der Waals surface area contributed by atoms with Crippen molar-refractivity contribution >= 4 is 7.82 Å². The van der Waals surface area contributed by atoms with Crippen molar-refractivity contribution in [3.8, 4) is 23.7 Å². The van der Waals surface area contributed by atoms with Gasteiger partial charge >= 0.3 is 7.82 Å². The van der Waals surface area contributed by atoms with Gasteiger partial charge < -0.3 is 4.89 Å². The monoisotopic (exact) mass is 326 g/mol. The molecule has 23 heavy (non-hydrogen) atoms. The van der Waals surface area contributed by atoms with E-state index in [2.05, 4.69) is 23.7 Å². The van der Waals surface area contributed by atoms with Crippen LogP contribution in [-0.4, -0.2) is 18.1 Å². The van der Waals surface area contributed by atoms with E-state index in [-0.39, 0.29) is 13.2 Å². The average Bonchev–Trinajstić information content (AvgIpc) is 2.58. The lowest BCUT2D eigenvalue weighted by molar-refractivity contribution is 0.178. The first kappa shape index (κ1) is 17.0. The number of rotatable bonds is 4. The summed E-state index contributed by atoms with van der Waals surface area (Å²) in [5.74, 6) is 10.9. The molecular formula is C18H15O4P. The molecule has 0 fully saturated rings. The Hall–Kier alpha value is -2.33. The van der Waals surface area contributed by atoms with Gasteiger partial charge in [-0.15, -0.1) is 0 Å². The van der Waals surface area contributed by atoms with E-state index in [9.17, 15) is 9.46 Å². The van der Waals surface area contributed by atoms with E-state index in [1.165, 1.54) is 0 Å². The Bertz CT molecular complexity index is 714. The van der Waals surface area contributed by atoms with Crippen LogP contribution in [0.3, 0.4) is 0 Å². The molecule has 0 saturated heterocycles. The zero-order valence-corrected chi connectivity index (χ0v) is 13.2. The fourth-order valence-electron chi connectivity index (χ4n) is 1.58. The highest BCUT2D eigenvalue weighted by Gasteiger charge is 2.19. The van der Waals surface area contributed by atoms with Crippen LogP contribution in [0.1, 0.15) is 11.1 Å². The molecule has 0 bridgehead atoms. The maximum atomic E-state index is 11.6. The van der Waals surface area contributed by atoms with E-state index in [0.29, 0.717) is 0 Å². The summed E-state index contributed by atoms with van der Waals surface area (Å²) in [4.78, 5) is 9.48. The van der Waals surface area contributed by atoms with Gasteiger partial charge in [0.2, 0.25) is 0 Å². The van der Waals surface area contributed by atoms with Gasteiger partial charge in [0.05, 0.1) is 0 Å². The minimum absolute atomic E-state index is 0.200. The lowest BCUT2D eigenvalue weighted by atomic mass is 10.2. The lowest BCUT2D eigenvalue weighted by Crippen LogP contribution is -1.96. The number of benzene rings is 2. The van der Waals surface area contributed by atoms with Crippen LogP contribution in [0.2, 0.25) is 0 Å². The predicted octanol–water partition coefficient (Wildman–Crippen LogP) is 3.22. The Morgan fingerprint density at radius 1 is 0.783 bits per heavy atom. The highest BCUT2D eigenvalue weighted by Crippen LogP contribution is 2.42. The van der Waals surface area contributed by atoms with E-state index in [4.69, 9.17) is 9.05 Å². The normalized spacial score (nSPS) is 10.1. The van der Waals surface area contributed by atoms with Crippen LogP contribution < -0.4 is 0 Å². The Morgan fingerprint density at radius 3 is 1.57 bits per heavy atom. The van der Waals surface area contributed by atoms with Gasteiger partial charge in [-0.1, -0.05) is 60.1 Å². The van der Waals surface area contributed by atoms with E-state index >= 15 is 0 Å². The average molecular weight is 326 g/mol. The van der Waals surface area contributed by atoms with Gasteiger partial charge in [0.25, 0.3) is 0 Å². The van der Waals surface area contributed by atoms with Gasteiger partial charge in [-0.25, -0.2) is 4.57 Å². The maximum Gasteiger partial charge on any atom is 0.474 e. The third-order valence-electron chi connectivity index (χ3n) is 2.61. The molecule has 2 aromatic carbocycles. The highest BCUT2D eigenvalue weighted by atomic mass is 31.2. The van der Waals surface area contributed by atoms with Crippen molar-refractivity contribution in [3.05, 3.63) is 71.8 Å². The molecule has 0 unspecified atom stereocenters. The topological polar surface area (TPSA) is 55.8 Å². The van der Waals surface area contributed by atoms with Crippen molar-refractivity contribution in [2.24, 2.45) is 0 Å². The molecule has 0 heterocycles. The molecule has 116 valence electrons. The summed E-state index contributed by atoms with van der Waals surface area (Å²) in [6.07, 6.45) is 0. The van der Waals surface area contributed by atoms with Crippen molar-refractivity contribution in [1.82, 2.24) is 0 Å². The minimum atomic E-state index is -4.14. The Balaban J connectivity index is 1.76. The number of phosphoric ester groups is 1. The number of hydrogen-bond acceptors (Lipinski definition) is 3. The molecule has 5 heteroatoms. The van der Waals surface area contributed by atoms with E-state index in [0.717, 1.165) is 11.1 Å². The third kappa shape index (κ3) is 6.98. The molecule has 4 nitrogen and oxygen atoms in total. The molecular weight excluding hydrogens is 311 g/mol. The largest absolute Gasteiger partial charge is 0.474 e. The standard InChI is InChI=1S/C18H15O4P/c19-23(20,21-15-7-13-17-9-3-1-4-10-17)22-16-8-14-18-11-5-2-6-12-18/h1-6,9-12H,15-16H2,(H,19,20). The predicted molar refractivity (Wildman–Crippen MR) is 88.4 cm³/mol. The molecule has 0 aromatic heterocycles. The van der Waals surface area contributed by atoms with Crippen LogP contribution in [0, 0.1) is 23.7 Å². The molecule has 0 aliphatic carbocycles. The first-order valence-corrected chi connectivity index (χ1v) is 8.35. The summed E-state index contributed by atoms with van der Waals surface area (Å²) in [5.41, 5.74) is 1.61. The summed E-state index contributed by atoms with van der Waals surface area (Å²) in [7, 11) is -4.14. The quantitative estimate of drug-likeness (QED) is 0.692. The fourth-order valence-corrected chi connectivity index (χ4v) is 2.11. The molecule has 0 spiro atoms. The van der Waals surface area contributed by atoms with Gasteiger partial charge in [-0.3, -0.25) is 9.05 Å². The Labute approximate surface area is 135 Å². The molecule has 0 atom stereocenters. The Morgan fingerprint density at radius 2 is 1.17 bits per heavy atom. The van der Waals surface area contributed by atoms with Crippen LogP contribution in [0.15, 0.2) is 60.7 Å². The van der Waals surface area contributed by atoms with Crippen molar-refractivity contribution < 1.29 is 18.5 Å². The third-order valence-corrected chi connectivity index (χ3v) is 3.52.